The van der Waals surface area contributed by atoms with E-state index in [1.165, 1.54) is 62.0 Å². The Bertz CT molecular complexity index is 1060. The topological polar surface area (TPSA) is 90.0 Å². The summed E-state index contributed by atoms with van der Waals surface area (Å²) in [4.78, 5) is 28.4. The first-order valence-corrected chi connectivity index (χ1v) is 16.5. The lowest BCUT2D eigenvalue weighted by Crippen LogP contribution is -2.54. The molecule has 1 heterocycles. The first-order valence-electron chi connectivity index (χ1n) is 14.9. The molecule has 0 aromatic heterocycles. The lowest BCUT2D eigenvalue weighted by Gasteiger charge is -2.35. The highest BCUT2D eigenvalue weighted by Crippen LogP contribution is 2.32. The van der Waals surface area contributed by atoms with Gasteiger partial charge in [0.2, 0.25) is 0 Å². The molecule has 0 bridgehead atoms. The number of benzene rings is 1. The maximum Gasteiger partial charge on any atom is 0.413 e. The molecular weight excluding hydrogens is 526 g/mol. The number of nitrogens with zero attached hydrogens (tertiary/aromatic N) is 1. The van der Waals surface area contributed by atoms with Crippen LogP contribution >= 0.6 is 0 Å². The SMILES string of the molecule is CCCCCCCCCCC/C=C/CC(C(=O)[C@@H]1COC(C)(C)N1C(=O)OC(C)(C)C)S(=O)(=O)c1ccccc1. The number of rotatable bonds is 16. The molecular formula is C32H51NO6S. The zero-order valence-corrected chi connectivity index (χ0v) is 26.3. The molecule has 0 N–H and O–H groups in total. The number of hydrogen-bond acceptors (Lipinski definition) is 6. The molecule has 8 heteroatoms. The summed E-state index contributed by atoms with van der Waals surface area (Å²) in [5.41, 5.74) is -1.90. The third kappa shape index (κ3) is 10.3. The van der Waals surface area contributed by atoms with Crippen molar-refractivity contribution in [2.45, 2.75) is 140 Å². The van der Waals surface area contributed by atoms with Gasteiger partial charge in [-0.1, -0.05) is 88.6 Å². The number of carbonyl (C=O) groups is 2. The van der Waals surface area contributed by atoms with Crippen LogP contribution in [0, 0.1) is 0 Å². The van der Waals surface area contributed by atoms with Gasteiger partial charge in [0.15, 0.2) is 15.6 Å². The maximum atomic E-state index is 13.9. The summed E-state index contributed by atoms with van der Waals surface area (Å²) in [5.74, 6) is -0.562. The standard InChI is InChI=1S/C32H51NO6S/c1-7-8-9-10-11-12-13-14-15-16-17-21-24-28(40(36,37)26-22-19-18-20-23-26)29(34)27-25-38-32(5,6)33(27)30(35)39-31(2,3)4/h17-23,27-28H,7-16,24-25H2,1-6H3/b21-17+/t27-,28?/m0/s1. The van der Waals surface area contributed by atoms with E-state index in [-0.39, 0.29) is 17.9 Å². The molecule has 2 atom stereocenters. The van der Waals surface area contributed by atoms with E-state index in [4.69, 9.17) is 9.47 Å². The van der Waals surface area contributed by atoms with Crippen LogP contribution in [0.1, 0.15) is 112 Å². The summed E-state index contributed by atoms with van der Waals surface area (Å²) in [6.07, 6.45) is 15.1. The predicted molar refractivity (Wildman–Crippen MR) is 160 cm³/mol. The second-order valence-corrected chi connectivity index (χ2v) is 14.3. The smallest absolute Gasteiger partial charge is 0.413 e. The van der Waals surface area contributed by atoms with Crippen molar-refractivity contribution >= 4 is 21.7 Å². The molecule has 1 saturated heterocycles. The van der Waals surface area contributed by atoms with Gasteiger partial charge < -0.3 is 9.47 Å². The summed E-state index contributed by atoms with van der Waals surface area (Å²) in [6, 6.07) is 6.95. The van der Waals surface area contributed by atoms with Crippen LogP contribution in [0.4, 0.5) is 4.79 Å². The van der Waals surface area contributed by atoms with Crippen molar-refractivity contribution in [2.24, 2.45) is 0 Å². The zero-order chi connectivity index (χ0) is 29.8. The highest BCUT2D eigenvalue weighted by molar-refractivity contribution is 7.92. The lowest BCUT2D eigenvalue weighted by molar-refractivity contribution is -0.124. The molecule has 1 aliphatic rings. The Morgan fingerprint density at radius 2 is 1.57 bits per heavy atom. The summed E-state index contributed by atoms with van der Waals surface area (Å²) < 4.78 is 38.8. The van der Waals surface area contributed by atoms with Crippen molar-refractivity contribution in [3.8, 4) is 0 Å². The van der Waals surface area contributed by atoms with Gasteiger partial charge in [-0.15, -0.1) is 0 Å². The highest BCUT2D eigenvalue weighted by atomic mass is 32.2. The van der Waals surface area contributed by atoms with Gasteiger partial charge in [0, 0.05) is 0 Å². The summed E-state index contributed by atoms with van der Waals surface area (Å²) in [6.45, 7) is 10.7. The minimum absolute atomic E-state index is 0.0343. The minimum atomic E-state index is -4.01. The van der Waals surface area contributed by atoms with Crippen LogP contribution in [-0.2, 0) is 24.1 Å². The maximum absolute atomic E-state index is 13.9. The molecule has 0 saturated carbocycles. The summed E-state index contributed by atoms with van der Waals surface area (Å²) >= 11 is 0. The third-order valence-electron chi connectivity index (χ3n) is 7.16. The Morgan fingerprint density at radius 1 is 1.00 bits per heavy atom. The lowest BCUT2D eigenvalue weighted by atomic mass is 10.0. The first kappa shape index (κ1) is 34.0. The van der Waals surface area contributed by atoms with E-state index in [0.29, 0.717) is 0 Å². The fourth-order valence-corrected chi connectivity index (χ4v) is 6.66. The Balaban J connectivity index is 2.11. The molecule has 0 spiro atoms. The summed E-state index contributed by atoms with van der Waals surface area (Å²) in [7, 11) is -4.01. The quantitative estimate of drug-likeness (QED) is 0.148. The van der Waals surface area contributed by atoms with E-state index in [0.717, 1.165) is 19.3 Å². The summed E-state index contributed by atoms with van der Waals surface area (Å²) in [5, 5.41) is -1.35. The second-order valence-electron chi connectivity index (χ2n) is 12.2. The number of hydrogen-bond donors (Lipinski definition) is 0. The van der Waals surface area contributed by atoms with E-state index in [9.17, 15) is 18.0 Å². The van der Waals surface area contributed by atoms with Crippen LogP contribution in [0.2, 0.25) is 0 Å². The minimum Gasteiger partial charge on any atom is -0.444 e. The fourth-order valence-electron chi connectivity index (χ4n) is 4.97. The van der Waals surface area contributed by atoms with Gasteiger partial charge in [0.1, 0.15) is 22.6 Å². The zero-order valence-electron chi connectivity index (χ0n) is 25.5. The predicted octanol–water partition coefficient (Wildman–Crippen LogP) is 7.64. The van der Waals surface area contributed by atoms with Gasteiger partial charge in [-0.05, 0) is 66.0 Å². The molecule has 2 rings (SSSR count). The van der Waals surface area contributed by atoms with Crippen molar-refractivity contribution in [1.82, 2.24) is 4.90 Å². The van der Waals surface area contributed by atoms with Crippen molar-refractivity contribution < 1.29 is 27.5 Å². The molecule has 1 fully saturated rings. The van der Waals surface area contributed by atoms with Crippen molar-refractivity contribution in [1.29, 1.82) is 0 Å². The van der Waals surface area contributed by atoms with Crippen molar-refractivity contribution in [3.05, 3.63) is 42.5 Å². The number of amides is 1. The molecule has 0 radical (unpaired) electrons. The Kier molecular flexibility index (Phi) is 13.4. The van der Waals surface area contributed by atoms with Crippen LogP contribution < -0.4 is 0 Å². The van der Waals surface area contributed by atoms with Crippen LogP contribution in [0.5, 0.6) is 0 Å². The van der Waals surface area contributed by atoms with Crippen LogP contribution in [0.25, 0.3) is 0 Å². The third-order valence-corrected chi connectivity index (χ3v) is 9.26. The monoisotopic (exact) mass is 577 g/mol. The molecule has 1 amide bonds. The van der Waals surface area contributed by atoms with E-state index in [2.05, 4.69) is 6.92 Å². The second kappa shape index (κ2) is 15.7. The van der Waals surface area contributed by atoms with Gasteiger partial charge in [-0.3, -0.25) is 9.69 Å². The average molecular weight is 578 g/mol. The van der Waals surface area contributed by atoms with Gasteiger partial charge in [-0.25, -0.2) is 13.2 Å². The van der Waals surface area contributed by atoms with E-state index in [1.54, 1.807) is 58.9 Å². The first-order chi connectivity index (χ1) is 18.8. The van der Waals surface area contributed by atoms with Gasteiger partial charge in [-0.2, -0.15) is 0 Å². The number of ketones is 1. The van der Waals surface area contributed by atoms with Crippen molar-refractivity contribution in [3.63, 3.8) is 0 Å². The van der Waals surface area contributed by atoms with Crippen molar-refractivity contribution in [2.75, 3.05) is 6.61 Å². The van der Waals surface area contributed by atoms with E-state index < -0.39 is 44.3 Å². The molecule has 1 unspecified atom stereocenters. The number of unbranched alkanes of at least 4 members (excludes halogenated alkanes) is 9. The number of Topliss-reactive ketones (excluding diaryl/α,β-unsaturated/α-hetero) is 1. The largest absolute Gasteiger partial charge is 0.444 e. The Morgan fingerprint density at radius 3 is 2.15 bits per heavy atom. The molecule has 0 aliphatic carbocycles. The van der Waals surface area contributed by atoms with Gasteiger partial charge >= 0.3 is 6.09 Å². The van der Waals surface area contributed by atoms with E-state index >= 15 is 0 Å². The number of ether oxygens (including phenoxy) is 2. The molecule has 1 aliphatic heterocycles. The average Bonchev–Trinajstić information content (AvgIpc) is 3.21. The molecule has 1 aromatic rings. The van der Waals surface area contributed by atoms with Gasteiger partial charge in [0.05, 0.1) is 11.5 Å². The molecule has 1 aromatic carbocycles. The molecule has 40 heavy (non-hydrogen) atoms. The molecule has 7 nitrogen and oxygen atoms in total. The number of allylic oxidation sites excluding steroid dienone is 2. The molecule has 226 valence electrons. The number of sulfone groups is 1. The fraction of sp³-hybridized carbons (Fsp3) is 0.688. The normalized spacial score (nSPS) is 18.2. The van der Waals surface area contributed by atoms with Crippen LogP contribution in [0.15, 0.2) is 47.4 Å². The Labute approximate surface area is 242 Å². The highest BCUT2D eigenvalue weighted by Gasteiger charge is 2.51. The number of carbonyl (C=O) groups excluding carboxylic acids is 2. The van der Waals surface area contributed by atoms with Crippen LogP contribution in [0.3, 0.4) is 0 Å². The van der Waals surface area contributed by atoms with E-state index in [1.807, 2.05) is 6.08 Å². The van der Waals surface area contributed by atoms with Crippen LogP contribution in [-0.4, -0.2) is 54.4 Å². The Hall–Kier alpha value is -2.19. The van der Waals surface area contributed by atoms with Gasteiger partial charge in [0.25, 0.3) is 0 Å².